The molecule has 0 aliphatic rings. The Morgan fingerprint density at radius 3 is 1.38 bits per heavy atom. The Labute approximate surface area is 68.4 Å². The molecule has 0 amide bonds. The Bertz CT molecular complexity index is 189. The first kappa shape index (κ1) is 11.8. The number of halogens is 6. The van der Waals surface area contributed by atoms with Gasteiger partial charge in [-0.3, -0.25) is 0 Å². The van der Waals surface area contributed by atoms with Gasteiger partial charge in [0.2, 0.25) is 5.92 Å². The van der Waals surface area contributed by atoms with Gasteiger partial charge in [0.15, 0.2) is 0 Å². The Morgan fingerprint density at radius 1 is 1.00 bits per heavy atom. The summed E-state index contributed by atoms with van der Waals surface area (Å²) < 4.78 is 70.3. The van der Waals surface area contributed by atoms with Gasteiger partial charge in [0.05, 0.1) is 0 Å². The van der Waals surface area contributed by atoms with E-state index in [9.17, 15) is 26.3 Å². The van der Waals surface area contributed by atoms with Crippen molar-refractivity contribution in [1.82, 2.24) is 0 Å². The smallest absolute Gasteiger partial charge is 0.385 e. The van der Waals surface area contributed by atoms with E-state index in [1.807, 2.05) is 0 Å². The van der Waals surface area contributed by atoms with Crippen molar-refractivity contribution >= 4 is 5.84 Å². The van der Waals surface area contributed by atoms with Crippen molar-refractivity contribution in [2.45, 2.75) is 12.4 Å². The summed E-state index contributed by atoms with van der Waals surface area (Å²) >= 11 is 0. The number of amidine groups is 1. The molecule has 0 saturated heterocycles. The highest BCUT2D eigenvalue weighted by Crippen LogP contribution is 2.38. The number of nitrogens with two attached hydrogens (primary N) is 2. The molecule has 0 fully saturated rings. The van der Waals surface area contributed by atoms with Crippen LogP contribution in [0.1, 0.15) is 0 Å². The van der Waals surface area contributed by atoms with E-state index in [0.717, 1.165) is 0 Å². The molecule has 0 rings (SSSR count). The fourth-order valence-electron chi connectivity index (χ4n) is 0.595. The lowest BCUT2D eigenvalue weighted by atomic mass is 10.1. The van der Waals surface area contributed by atoms with E-state index in [4.69, 9.17) is 0 Å². The molecule has 0 bridgehead atoms. The van der Waals surface area contributed by atoms with E-state index in [1.54, 1.807) is 0 Å². The zero-order chi connectivity index (χ0) is 10.9. The maximum atomic E-state index is 11.7. The number of alkyl halides is 6. The second-order valence-electron chi connectivity index (χ2n) is 2.07. The van der Waals surface area contributed by atoms with Gasteiger partial charge in [-0.25, -0.2) is 0 Å². The molecular formula is C4H5F6N3. The van der Waals surface area contributed by atoms with Crippen LogP contribution in [-0.2, 0) is 0 Å². The number of hydrogen-bond donors (Lipinski definition) is 2. The predicted molar refractivity (Wildman–Crippen MR) is 31.4 cm³/mol. The molecule has 9 heteroatoms. The first-order chi connectivity index (χ1) is 5.60. The lowest BCUT2D eigenvalue weighted by Crippen LogP contribution is -2.46. The molecule has 0 aromatic heterocycles. The standard InChI is InChI=1S/C4H5F6N3/c5-3(6,7)1(2(11)13-12)4(8,9)10/h1H,12H2,(H2,11,13). The summed E-state index contributed by atoms with van der Waals surface area (Å²) in [7, 11) is 0. The van der Waals surface area contributed by atoms with E-state index in [-0.39, 0.29) is 0 Å². The zero-order valence-electron chi connectivity index (χ0n) is 5.95. The van der Waals surface area contributed by atoms with Crippen LogP contribution in [0.25, 0.3) is 0 Å². The van der Waals surface area contributed by atoms with Gasteiger partial charge in [-0.2, -0.15) is 31.4 Å². The fourth-order valence-corrected chi connectivity index (χ4v) is 0.595. The maximum Gasteiger partial charge on any atom is 0.407 e. The van der Waals surface area contributed by atoms with Gasteiger partial charge in [-0.15, -0.1) is 0 Å². The van der Waals surface area contributed by atoms with E-state index < -0.39 is 24.1 Å². The fraction of sp³-hybridized carbons (Fsp3) is 0.750. The lowest BCUT2D eigenvalue weighted by Gasteiger charge is -2.21. The van der Waals surface area contributed by atoms with Crippen molar-refractivity contribution in [2.24, 2.45) is 22.6 Å². The van der Waals surface area contributed by atoms with Crippen molar-refractivity contribution in [3.8, 4) is 0 Å². The summed E-state index contributed by atoms with van der Waals surface area (Å²) in [6.07, 6.45) is -11.1. The summed E-state index contributed by atoms with van der Waals surface area (Å²) in [5.74, 6) is -1.28. The summed E-state index contributed by atoms with van der Waals surface area (Å²) in [6, 6.07) is 0. The molecule has 4 N–H and O–H groups in total. The largest absolute Gasteiger partial charge is 0.407 e. The summed E-state index contributed by atoms with van der Waals surface area (Å²) in [6.45, 7) is 0. The third-order valence-corrected chi connectivity index (χ3v) is 1.10. The molecule has 0 saturated carbocycles. The first-order valence-corrected chi connectivity index (χ1v) is 2.77. The second kappa shape index (κ2) is 3.30. The Balaban J connectivity index is 5.01. The van der Waals surface area contributed by atoms with Crippen LogP contribution >= 0.6 is 0 Å². The number of hydrogen-bond acceptors (Lipinski definition) is 2. The van der Waals surface area contributed by atoms with Gasteiger partial charge in [0.1, 0.15) is 5.84 Å². The van der Waals surface area contributed by atoms with Gasteiger partial charge in [0, 0.05) is 0 Å². The molecule has 0 aromatic rings. The SMILES string of the molecule is NN=C(N)C(C(F)(F)F)C(F)(F)F. The van der Waals surface area contributed by atoms with Crippen molar-refractivity contribution < 1.29 is 26.3 Å². The Hall–Kier alpha value is -1.15. The summed E-state index contributed by atoms with van der Waals surface area (Å²) in [5, 5.41) is 2.18. The molecule has 0 aliphatic heterocycles. The molecule has 0 spiro atoms. The van der Waals surface area contributed by atoms with Crippen LogP contribution < -0.4 is 11.6 Å². The molecule has 0 aliphatic carbocycles. The van der Waals surface area contributed by atoms with Crippen LogP contribution in [0.3, 0.4) is 0 Å². The highest BCUT2D eigenvalue weighted by Gasteiger charge is 2.59. The van der Waals surface area contributed by atoms with E-state index >= 15 is 0 Å². The van der Waals surface area contributed by atoms with Crippen LogP contribution in [0.15, 0.2) is 5.10 Å². The lowest BCUT2D eigenvalue weighted by molar-refractivity contribution is -0.260. The topological polar surface area (TPSA) is 64.4 Å². The quantitative estimate of drug-likeness (QED) is 0.222. The highest BCUT2D eigenvalue weighted by atomic mass is 19.4. The first-order valence-electron chi connectivity index (χ1n) is 2.77. The van der Waals surface area contributed by atoms with Crippen molar-refractivity contribution in [3.05, 3.63) is 0 Å². The molecule has 0 aromatic carbocycles. The predicted octanol–water partition coefficient (Wildman–Crippen LogP) is 0.958. The summed E-state index contributed by atoms with van der Waals surface area (Å²) in [5.41, 5.74) is 4.37. The van der Waals surface area contributed by atoms with E-state index in [1.165, 1.54) is 0 Å². The molecule has 13 heavy (non-hydrogen) atoms. The van der Waals surface area contributed by atoms with Crippen LogP contribution in [-0.4, -0.2) is 18.2 Å². The monoisotopic (exact) mass is 209 g/mol. The van der Waals surface area contributed by atoms with Crippen molar-refractivity contribution in [2.75, 3.05) is 0 Å². The molecular weight excluding hydrogens is 204 g/mol. The summed E-state index contributed by atoms with van der Waals surface area (Å²) in [4.78, 5) is 0. The Morgan fingerprint density at radius 2 is 1.31 bits per heavy atom. The van der Waals surface area contributed by atoms with Gasteiger partial charge in [-0.1, -0.05) is 0 Å². The average Bonchev–Trinajstić information content (AvgIpc) is 1.80. The van der Waals surface area contributed by atoms with Crippen LogP contribution in [0.4, 0.5) is 26.3 Å². The number of hydrazone groups is 1. The molecule has 3 nitrogen and oxygen atoms in total. The molecule has 0 heterocycles. The third kappa shape index (κ3) is 2.99. The molecule has 0 unspecified atom stereocenters. The van der Waals surface area contributed by atoms with Crippen LogP contribution in [0, 0.1) is 5.92 Å². The van der Waals surface area contributed by atoms with E-state index in [2.05, 4.69) is 16.7 Å². The average molecular weight is 209 g/mol. The van der Waals surface area contributed by atoms with Gasteiger partial charge in [-0.05, 0) is 0 Å². The normalized spacial score (nSPS) is 15.2. The zero-order valence-corrected chi connectivity index (χ0v) is 5.95. The van der Waals surface area contributed by atoms with Gasteiger partial charge >= 0.3 is 12.4 Å². The molecule has 0 radical (unpaired) electrons. The second-order valence-corrected chi connectivity index (χ2v) is 2.07. The molecule has 0 atom stereocenters. The van der Waals surface area contributed by atoms with E-state index in [0.29, 0.717) is 0 Å². The van der Waals surface area contributed by atoms with Crippen LogP contribution in [0.5, 0.6) is 0 Å². The third-order valence-electron chi connectivity index (χ3n) is 1.10. The highest BCUT2D eigenvalue weighted by molar-refractivity contribution is 5.84. The van der Waals surface area contributed by atoms with Crippen LogP contribution in [0.2, 0.25) is 0 Å². The minimum atomic E-state index is -5.54. The van der Waals surface area contributed by atoms with Gasteiger partial charge in [0.25, 0.3) is 0 Å². The van der Waals surface area contributed by atoms with Crippen molar-refractivity contribution in [3.63, 3.8) is 0 Å². The maximum absolute atomic E-state index is 11.7. The number of rotatable bonds is 1. The molecule has 78 valence electrons. The minimum Gasteiger partial charge on any atom is -0.385 e. The van der Waals surface area contributed by atoms with Crippen molar-refractivity contribution in [1.29, 1.82) is 0 Å². The van der Waals surface area contributed by atoms with Gasteiger partial charge < -0.3 is 11.6 Å². The Kier molecular flexibility index (Phi) is 3.01. The number of nitrogens with zero attached hydrogens (tertiary/aromatic N) is 1. The minimum absolute atomic E-state index is 1.71.